The Bertz CT molecular complexity index is 1350. The standard InChI is InChI=1S/C22H21N5O3S2/c1-26-7-9-27(10-8-26)21(28)19-12-17-18(31-19)6-5-14-13-23-22(25-20(14)17)24-15-3-2-4-16(11-15)32(29)30/h2-6,11-13H,7-10H2,1H3,(H,29,30)(H,23,24,25). The van der Waals surface area contributed by atoms with E-state index >= 15 is 0 Å². The molecule has 3 heterocycles. The Morgan fingerprint density at radius 2 is 1.97 bits per heavy atom. The average molecular weight is 468 g/mol. The Kier molecular flexibility index (Phi) is 5.60. The van der Waals surface area contributed by atoms with Gasteiger partial charge in [0.05, 0.1) is 15.3 Å². The Labute approximate surface area is 191 Å². The van der Waals surface area contributed by atoms with Gasteiger partial charge in [0, 0.05) is 53.5 Å². The fraction of sp³-hybridized carbons (Fsp3) is 0.227. The van der Waals surface area contributed by atoms with Gasteiger partial charge in [0.25, 0.3) is 5.91 Å². The van der Waals surface area contributed by atoms with Crippen LogP contribution in [-0.2, 0) is 11.1 Å². The molecule has 1 saturated heterocycles. The Morgan fingerprint density at radius 1 is 1.16 bits per heavy atom. The number of rotatable bonds is 4. The molecule has 2 aromatic heterocycles. The highest BCUT2D eigenvalue weighted by atomic mass is 32.2. The van der Waals surface area contributed by atoms with E-state index in [2.05, 4.69) is 27.2 Å². The van der Waals surface area contributed by atoms with Crippen molar-refractivity contribution in [3.63, 3.8) is 0 Å². The van der Waals surface area contributed by atoms with Crippen molar-refractivity contribution in [3.05, 3.63) is 53.5 Å². The van der Waals surface area contributed by atoms with Crippen LogP contribution in [-0.4, -0.2) is 67.7 Å². The summed E-state index contributed by atoms with van der Waals surface area (Å²) in [5.41, 5.74) is 1.38. The third kappa shape index (κ3) is 4.09. The topological polar surface area (TPSA) is 98.7 Å². The molecule has 0 radical (unpaired) electrons. The molecule has 0 spiro atoms. The second-order valence-electron chi connectivity index (χ2n) is 7.72. The van der Waals surface area contributed by atoms with Crippen molar-refractivity contribution in [2.24, 2.45) is 0 Å². The number of carbonyl (C=O) groups is 1. The maximum absolute atomic E-state index is 13.0. The number of aromatic nitrogens is 2. The lowest BCUT2D eigenvalue weighted by molar-refractivity contribution is 0.0669. The zero-order valence-corrected chi connectivity index (χ0v) is 18.9. The number of hydrogen-bond acceptors (Lipinski definition) is 7. The number of fused-ring (bicyclic) bond motifs is 3. The number of carbonyl (C=O) groups excluding carboxylic acids is 1. The maximum atomic E-state index is 13.0. The Hall–Kier alpha value is -2.92. The van der Waals surface area contributed by atoms with Crippen molar-refractivity contribution in [3.8, 4) is 0 Å². The van der Waals surface area contributed by atoms with E-state index in [0.717, 1.165) is 47.2 Å². The fourth-order valence-electron chi connectivity index (χ4n) is 3.75. The van der Waals surface area contributed by atoms with Crippen LogP contribution in [0.4, 0.5) is 11.6 Å². The fourth-order valence-corrected chi connectivity index (χ4v) is 5.21. The van der Waals surface area contributed by atoms with Crippen molar-refractivity contribution in [1.29, 1.82) is 0 Å². The monoisotopic (exact) mass is 467 g/mol. The van der Waals surface area contributed by atoms with Crippen LogP contribution >= 0.6 is 11.3 Å². The minimum absolute atomic E-state index is 0.0636. The van der Waals surface area contributed by atoms with Crippen LogP contribution in [0.1, 0.15) is 9.67 Å². The summed E-state index contributed by atoms with van der Waals surface area (Å²) in [4.78, 5) is 27.2. The van der Waals surface area contributed by atoms with Crippen LogP contribution in [0.25, 0.3) is 21.0 Å². The van der Waals surface area contributed by atoms with Crippen molar-refractivity contribution in [2.75, 3.05) is 38.5 Å². The van der Waals surface area contributed by atoms with Crippen LogP contribution < -0.4 is 5.32 Å². The molecular weight excluding hydrogens is 446 g/mol. The largest absolute Gasteiger partial charge is 0.335 e. The summed E-state index contributed by atoms with van der Waals surface area (Å²) in [6.45, 7) is 3.23. The highest BCUT2D eigenvalue weighted by molar-refractivity contribution is 7.79. The number of hydrogen-bond donors (Lipinski definition) is 2. The molecule has 2 N–H and O–H groups in total. The van der Waals surface area contributed by atoms with Crippen molar-refractivity contribution in [2.45, 2.75) is 4.90 Å². The van der Waals surface area contributed by atoms with Crippen LogP contribution in [0.15, 0.2) is 53.6 Å². The normalized spacial score (nSPS) is 15.9. The highest BCUT2D eigenvalue weighted by Crippen LogP contribution is 2.32. The summed E-state index contributed by atoms with van der Waals surface area (Å²) in [5.74, 6) is 0.442. The van der Waals surface area contributed by atoms with Gasteiger partial charge in [-0.1, -0.05) is 6.07 Å². The van der Waals surface area contributed by atoms with Crippen molar-refractivity contribution < 1.29 is 13.6 Å². The molecular formula is C22H21N5O3S2. The lowest BCUT2D eigenvalue weighted by Gasteiger charge is -2.32. The van der Waals surface area contributed by atoms with Gasteiger partial charge in [0.15, 0.2) is 11.1 Å². The van der Waals surface area contributed by atoms with Gasteiger partial charge < -0.3 is 19.7 Å². The zero-order valence-electron chi connectivity index (χ0n) is 17.3. The summed E-state index contributed by atoms with van der Waals surface area (Å²) < 4.78 is 21.6. The smallest absolute Gasteiger partial charge is 0.264 e. The van der Waals surface area contributed by atoms with E-state index in [4.69, 9.17) is 0 Å². The number of nitrogens with zero attached hydrogens (tertiary/aromatic N) is 4. The average Bonchev–Trinajstić information content (AvgIpc) is 3.24. The number of thiophene rings is 1. The first-order chi connectivity index (χ1) is 15.5. The van der Waals surface area contributed by atoms with Crippen molar-refractivity contribution >= 4 is 60.9 Å². The zero-order chi connectivity index (χ0) is 22.2. The molecule has 1 fully saturated rings. The molecule has 1 aliphatic heterocycles. The Balaban J connectivity index is 1.48. The van der Waals surface area contributed by atoms with Crippen LogP contribution in [0.5, 0.6) is 0 Å². The maximum Gasteiger partial charge on any atom is 0.264 e. The number of anilines is 2. The van der Waals surface area contributed by atoms with Gasteiger partial charge in [-0.2, -0.15) is 0 Å². The third-order valence-corrected chi connectivity index (χ3v) is 7.29. The van der Waals surface area contributed by atoms with E-state index in [1.54, 1.807) is 30.5 Å². The first kappa shape index (κ1) is 21.0. The lowest BCUT2D eigenvalue weighted by atomic mass is 10.1. The van der Waals surface area contributed by atoms with E-state index in [1.807, 2.05) is 23.1 Å². The summed E-state index contributed by atoms with van der Waals surface area (Å²) in [6.07, 6.45) is 1.73. The van der Waals surface area contributed by atoms with E-state index in [-0.39, 0.29) is 5.91 Å². The van der Waals surface area contributed by atoms with E-state index in [9.17, 15) is 13.6 Å². The van der Waals surface area contributed by atoms with Gasteiger partial charge in [0.1, 0.15) is 0 Å². The van der Waals surface area contributed by atoms with Gasteiger partial charge in [0.2, 0.25) is 5.95 Å². The predicted molar refractivity (Wildman–Crippen MR) is 127 cm³/mol. The molecule has 0 saturated carbocycles. The number of benzene rings is 2. The SMILES string of the molecule is CN1CCN(C(=O)c2cc3c(ccc4cnc(Nc5cccc(S(=O)O)c5)nc43)s2)CC1. The molecule has 10 heteroatoms. The summed E-state index contributed by atoms with van der Waals surface area (Å²) in [6, 6.07) is 12.5. The molecule has 1 unspecified atom stereocenters. The molecule has 1 atom stereocenters. The number of likely N-dealkylation sites (N-methyl/N-ethyl adjacent to an activating group) is 1. The van der Waals surface area contributed by atoms with E-state index in [0.29, 0.717) is 21.4 Å². The first-order valence-corrected chi connectivity index (χ1v) is 12.1. The molecule has 0 aliphatic carbocycles. The second kappa shape index (κ2) is 8.55. The minimum Gasteiger partial charge on any atom is -0.335 e. The molecule has 164 valence electrons. The molecule has 1 amide bonds. The molecule has 5 rings (SSSR count). The van der Waals surface area contributed by atoms with Crippen molar-refractivity contribution in [1.82, 2.24) is 19.8 Å². The summed E-state index contributed by atoms with van der Waals surface area (Å²) in [5, 5.41) is 4.89. The Morgan fingerprint density at radius 3 is 2.75 bits per heavy atom. The molecule has 32 heavy (non-hydrogen) atoms. The first-order valence-electron chi connectivity index (χ1n) is 10.1. The summed E-state index contributed by atoms with van der Waals surface area (Å²) in [7, 11) is 2.07. The minimum atomic E-state index is -2.06. The summed E-state index contributed by atoms with van der Waals surface area (Å²) >= 11 is -0.580. The molecule has 2 aromatic carbocycles. The lowest BCUT2D eigenvalue weighted by Crippen LogP contribution is -2.46. The number of amides is 1. The number of piperazine rings is 1. The van der Waals surface area contributed by atoms with E-state index in [1.165, 1.54) is 11.3 Å². The second-order valence-corrected chi connectivity index (χ2v) is 9.77. The van der Waals surface area contributed by atoms with Gasteiger partial charge in [-0.05, 0) is 43.4 Å². The van der Waals surface area contributed by atoms with Gasteiger partial charge in [-0.15, -0.1) is 11.3 Å². The third-order valence-electron chi connectivity index (χ3n) is 5.54. The quantitative estimate of drug-likeness (QED) is 0.443. The van der Waals surface area contributed by atoms with Crippen LogP contribution in [0.2, 0.25) is 0 Å². The van der Waals surface area contributed by atoms with Gasteiger partial charge in [-0.3, -0.25) is 4.79 Å². The van der Waals surface area contributed by atoms with Gasteiger partial charge >= 0.3 is 0 Å². The molecule has 1 aliphatic rings. The molecule has 8 nitrogen and oxygen atoms in total. The number of nitrogens with one attached hydrogen (secondary N) is 1. The van der Waals surface area contributed by atoms with E-state index < -0.39 is 11.1 Å². The van der Waals surface area contributed by atoms with Gasteiger partial charge in [-0.25, -0.2) is 14.2 Å². The molecule has 0 bridgehead atoms. The van der Waals surface area contributed by atoms with Crippen LogP contribution in [0, 0.1) is 0 Å². The van der Waals surface area contributed by atoms with Crippen LogP contribution in [0.3, 0.4) is 0 Å². The highest BCUT2D eigenvalue weighted by Gasteiger charge is 2.22. The molecule has 4 aromatic rings. The predicted octanol–water partition coefficient (Wildman–Crippen LogP) is 3.56.